The number of anilines is 1. The minimum atomic E-state index is -4.27. The Bertz CT molecular complexity index is 1100. The second kappa shape index (κ2) is 6.76. The molecule has 136 valence electrons. The van der Waals surface area contributed by atoms with Crippen molar-refractivity contribution in [2.75, 3.05) is 4.72 Å². The van der Waals surface area contributed by atoms with Crippen LogP contribution in [-0.4, -0.2) is 13.4 Å². The highest BCUT2D eigenvalue weighted by atomic mass is 79.9. The van der Waals surface area contributed by atoms with Gasteiger partial charge >= 0.3 is 0 Å². The summed E-state index contributed by atoms with van der Waals surface area (Å²) in [4.78, 5) is 2.22. The van der Waals surface area contributed by atoms with E-state index in [0.29, 0.717) is 12.1 Å². The molecule has 0 saturated carbocycles. The summed E-state index contributed by atoms with van der Waals surface area (Å²) < 4.78 is 80.6. The smallest absolute Gasteiger partial charge is 0.263 e. The first-order valence-electron chi connectivity index (χ1n) is 6.98. The predicted octanol–water partition coefficient (Wildman–Crippen LogP) is 4.80. The third kappa shape index (κ3) is 3.61. The molecule has 1 aromatic heterocycles. The van der Waals surface area contributed by atoms with Crippen LogP contribution in [0.25, 0.3) is 11.3 Å². The first-order valence-corrected chi connectivity index (χ1v) is 9.26. The number of rotatable bonds is 4. The summed E-state index contributed by atoms with van der Waals surface area (Å²) in [5.74, 6) is -3.50. The molecule has 10 heteroatoms. The minimum Gasteiger partial charge on any atom is -0.360 e. The maximum atomic E-state index is 13.8. The topological polar surface area (TPSA) is 62.0 Å². The van der Waals surface area contributed by atoms with Crippen LogP contribution < -0.4 is 4.72 Å². The van der Waals surface area contributed by atoms with Crippen LogP contribution in [0.5, 0.6) is 0 Å². The van der Waals surface area contributed by atoms with Gasteiger partial charge in [-0.15, -0.1) is 0 Å². The third-order valence-electron chi connectivity index (χ3n) is 3.44. The van der Waals surface area contributed by atoms with E-state index >= 15 is 0 Å². The number of hydrogen-bond acceptors (Lipinski definition) is 2. The molecule has 0 spiro atoms. The van der Waals surface area contributed by atoms with Gasteiger partial charge in [-0.3, -0.25) is 4.72 Å². The van der Waals surface area contributed by atoms with Gasteiger partial charge in [0.05, 0.1) is 10.2 Å². The standard InChI is InChI=1S/C16H9BrF4N2O2S/c17-11-5-14(21)16(6-13(11)20)23-26(24,25)9-4-15(22-7-9)10-2-1-8(18)3-12(10)19/h1-7,22-23H. The summed E-state index contributed by atoms with van der Waals surface area (Å²) in [5.41, 5.74) is -0.555. The number of sulfonamides is 1. The summed E-state index contributed by atoms with van der Waals surface area (Å²) in [6, 6.07) is 5.37. The number of halogens is 5. The zero-order valence-corrected chi connectivity index (χ0v) is 15.1. The van der Waals surface area contributed by atoms with E-state index in [1.165, 1.54) is 0 Å². The molecule has 0 aliphatic carbocycles. The van der Waals surface area contributed by atoms with Crippen LogP contribution in [0.3, 0.4) is 0 Å². The van der Waals surface area contributed by atoms with Crippen LogP contribution in [-0.2, 0) is 10.0 Å². The van der Waals surface area contributed by atoms with Crippen LogP contribution >= 0.6 is 15.9 Å². The number of aromatic amines is 1. The Balaban J connectivity index is 1.94. The molecule has 2 aromatic carbocycles. The van der Waals surface area contributed by atoms with E-state index in [1.54, 1.807) is 0 Å². The molecule has 26 heavy (non-hydrogen) atoms. The summed E-state index contributed by atoms with van der Waals surface area (Å²) >= 11 is 2.79. The quantitative estimate of drug-likeness (QED) is 0.444. The highest BCUT2D eigenvalue weighted by Crippen LogP contribution is 2.28. The number of H-pyrrole nitrogens is 1. The highest BCUT2D eigenvalue weighted by molar-refractivity contribution is 9.10. The zero-order chi connectivity index (χ0) is 19.1. The first kappa shape index (κ1) is 18.5. The van der Waals surface area contributed by atoms with Crippen molar-refractivity contribution in [3.8, 4) is 11.3 Å². The lowest BCUT2D eigenvalue weighted by Crippen LogP contribution is -2.13. The van der Waals surface area contributed by atoms with Crippen molar-refractivity contribution in [1.29, 1.82) is 0 Å². The Hall–Kier alpha value is -2.33. The van der Waals surface area contributed by atoms with Crippen molar-refractivity contribution in [3.05, 3.63) is 70.3 Å². The lowest BCUT2D eigenvalue weighted by molar-refractivity contribution is 0.585. The van der Waals surface area contributed by atoms with Gasteiger partial charge in [-0.2, -0.15) is 0 Å². The van der Waals surface area contributed by atoms with Crippen molar-refractivity contribution in [2.45, 2.75) is 4.90 Å². The number of hydrogen-bond donors (Lipinski definition) is 2. The molecule has 0 aliphatic heterocycles. The molecule has 2 N–H and O–H groups in total. The van der Waals surface area contributed by atoms with Crippen molar-refractivity contribution in [1.82, 2.24) is 4.98 Å². The molecule has 0 atom stereocenters. The maximum Gasteiger partial charge on any atom is 0.263 e. The van der Waals surface area contributed by atoms with Crippen LogP contribution in [0.15, 0.2) is 52.0 Å². The van der Waals surface area contributed by atoms with Crippen LogP contribution in [0.1, 0.15) is 0 Å². The first-order chi connectivity index (χ1) is 12.2. The third-order valence-corrected chi connectivity index (χ3v) is 5.40. The maximum absolute atomic E-state index is 13.8. The molecule has 0 amide bonds. The molecule has 0 radical (unpaired) electrons. The van der Waals surface area contributed by atoms with Gasteiger partial charge in [0.1, 0.15) is 28.2 Å². The number of nitrogens with one attached hydrogen (secondary N) is 2. The van der Waals surface area contributed by atoms with Gasteiger partial charge in [-0.05, 0) is 40.2 Å². The molecule has 0 bridgehead atoms. The number of aromatic nitrogens is 1. The van der Waals surface area contributed by atoms with Gasteiger partial charge in [-0.25, -0.2) is 26.0 Å². The molecule has 0 saturated heterocycles. The van der Waals surface area contributed by atoms with E-state index in [1.807, 2.05) is 4.72 Å². The van der Waals surface area contributed by atoms with Crippen molar-refractivity contribution in [2.24, 2.45) is 0 Å². The molecule has 3 rings (SSSR count). The lowest BCUT2D eigenvalue weighted by atomic mass is 10.1. The summed E-state index contributed by atoms with van der Waals surface area (Å²) in [7, 11) is -4.27. The molecule has 0 unspecified atom stereocenters. The molecule has 1 heterocycles. The SMILES string of the molecule is O=S(=O)(Nc1cc(F)c(Br)cc1F)c1c[nH]c(-c2ccc(F)cc2F)c1. The molecule has 0 fully saturated rings. The minimum absolute atomic E-state index is 0.0475. The van der Waals surface area contributed by atoms with Crippen molar-refractivity contribution < 1.29 is 26.0 Å². The van der Waals surface area contributed by atoms with Gasteiger partial charge in [0.2, 0.25) is 0 Å². The molecular formula is C16H9BrF4N2O2S. The molecular weight excluding hydrogens is 440 g/mol. The average Bonchev–Trinajstić information content (AvgIpc) is 3.03. The Morgan fingerprint density at radius 3 is 2.35 bits per heavy atom. The van der Waals surface area contributed by atoms with Crippen molar-refractivity contribution in [3.63, 3.8) is 0 Å². The second-order valence-electron chi connectivity index (χ2n) is 5.22. The Labute approximate surface area is 154 Å². The van der Waals surface area contributed by atoms with E-state index in [0.717, 1.165) is 30.5 Å². The molecule has 0 aliphatic rings. The van der Waals surface area contributed by atoms with Gasteiger partial charge in [0.15, 0.2) is 0 Å². The highest BCUT2D eigenvalue weighted by Gasteiger charge is 2.20. The second-order valence-corrected chi connectivity index (χ2v) is 7.76. The van der Waals surface area contributed by atoms with Gasteiger partial charge in [0.25, 0.3) is 10.0 Å². The van der Waals surface area contributed by atoms with Gasteiger partial charge < -0.3 is 4.98 Å². The van der Waals surface area contributed by atoms with E-state index in [-0.39, 0.29) is 20.6 Å². The Morgan fingerprint density at radius 2 is 1.65 bits per heavy atom. The van der Waals surface area contributed by atoms with Crippen LogP contribution in [0.4, 0.5) is 23.2 Å². The van der Waals surface area contributed by atoms with Crippen LogP contribution in [0, 0.1) is 23.3 Å². The normalized spacial score (nSPS) is 11.6. The Morgan fingerprint density at radius 1 is 0.923 bits per heavy atom. The van der Waals surface area contributed by atoms with E-state index in [9.17, 15) is 26.0 Å². The van der Waals surface area contributed by atoms with Gasteiger partial charge in [-0.1, -0.05) is 0 Å². The number of benzene rings is 2. The van der Waals surface area contributed by atoms with E-state index < -0.39 is 39.0 Å². The fourth-order valence-corrected chi connectivity index (χ4v) is 3.56. The van der Waals surface area contributed by atoms with Crippen molar-refractivity contribution >= 4 is 31.6 Å². The summed E-state index contributed by atoms with van der Waals surface area (Å²) in [5, 5.41) is 0. The monoisotopic (exact) mass is 448 g/mol. The summed E-state index contributed by atoms with van der Waals surface area (Å²) in [6.45, 7) is 0. The largest absolute Gasteiger partial charge is 0.360 e. The van der Waals surface area contributed by atoms with E-state index in [2.05, 4.69) is 20.9 Å². The fourth-order valence-electron chi connectivity index (χ4n) is 2.20. The summed E-state index contributed by atoms with van der Waals surface area (Å²) in [6.07, 6.45) is 1.05. The lowest BCUT2D eigenvalue weighted by Gasteiger charge is -2.08. The van der Waals surface area contributed by atoms with Gasteiger partial charge in [0, 0.05) is 29.6 Å². The zero-order valence-electron chi connectivity index (χ0n) is 12.7. The molecule has 3 aromatic rings. The average molecular weight is 449 g/mol. The molecule has 4 nitrogen and oxygen atoms in total. The predicted molar refractivity (Wildman–Crippen MR) is 91.0 cm³/mol. The Kier molecular flexibility index (Phi) is 4.80. The fraction of sp³-hybridized carbons (Fsp3) is 0. The van der Waals surface area contributed by atoms with E-state index in [4.69, 9.17) is 0 Å². The van der Waals surface area contributed by atoms with Crippen LogP contribution in [0.2, 0.25) is 0 Å².